The summed E-state index contributed by atoms with van der Waals surface area (Å²) in [6, 6.07) is 5.66. The summed E-state index contributed by atoms with van der Waals surface area (Å²) in [5.74, 6) is 7.06. The van der Waals surface area contributed by atoms with Crippen molar-refractivity contribution in [1.29, 1.82) is 0 Å². The Hall–Kier alpha value is -1.52. The van der Waals surface area contributed by atoms with Gasteiger partial charge in [0.05, 0.1) is 20.3 Å². The summed E-state index contributed by atoms with van der Waals surface area (Å²) in [4.78, 5) is 0. The SMILES string of the molecule is COc1cc(OC)cc(C(C=C(C)C)NN)c1. The molecular weight excluding hydrogens is 216 g/mol. The summed E-state index contributed by atoms with van der Waals surface area (Å²) in [7, 11) is 3.26. The molecule has 1 atom stereocenters. The molecule has 4 heteroatoms. The number of ether oxygens (including phenoxy) is 2. The van der Waals surface area contributed by atoms with Gasteiger partial charge in [0.15, 0.2) is 0 Å². The first-order chi connectivity index (χ1) is 8.10. The van der Waals surface area contributed by atoms with E-state index in [9.17, 15) is 0 Å². The van der Waals surface area contributed by atoms with Gasteiger partial charge in [-0.3, -0.25) is 5.84 Å². The molecule has 0 aromatic heterocycles. The third-order valence-electron chi connectivity index (χ3n) is 2.41. The minimum Gasteiger partial charge on any atom is -0.497 e. The van der Waals surface area contributed by atoms with E-state index in [0.717, 1.165) is 17.1 Å². The summed E-state index contributed by atoms with van der Waals surface area (Å²) >= 11 is 0. The van der Waals surface area contributed by atoms with Gasteiger partial charge in [-0.15, -0.1) is 0 Å². The van der Waals surface area contributed by atoms with E-state index in [4.69, 9.17) is 15.3 Å². The van der Waals surface area contributed by atoms with Crippen LogP contribution in [0, 0.1) is 0 Å². The molecule has 0 aliphatic rings. The van der Waals surface area contributed by atoms with Crippen LogP contribution in [0.4, 0.5) is 0 Å². The van der Waals surface area contributed by atoms with Gasteiger partial charge >= 0.3 is 0 Å². The molecule has 1 unspecified atom stereocenters. The minimum atomic E-state index is -0.0519. The average molecular weight is 236 g/mol. The van der Waals surface area contributed by atoms with Gasteiger partial charge in [0, 0.05) is 6.07 Å². The lowest BCUT2D eigenvalue weighted by Crippen LogP contribution is -2.26. The van der Waals surface area contributed by atoms with Crippen LogP contribution in [-0.4, -0.2) is 14.2 Å². The number of hydrogen-bond donors (Lipinski definition) is 2. The Morgan fingerprint density at radius 3 is 2.06 bits per heavy atom. The normalized spacial score (nSPS) is 11.8. The number of allylic oxidation sites excluding steroid dienone is 1. The Morgan fingerprint density at radius 2 is 1.71 bits per heavy atom. The van der Waals surface area contributed by atoms with Crippen LogP contribution in [0.3, 0.4) is 0 Å². The van der Waals surface area contributed by atoms with Crippen LogP contribution in [0.1, 0.15) is 25.5 Å². The van der Waals surface area contributed by atoms with E-state index in [1.807, 2.05) is 38.1 Å². The second-order valence-corrected chi connectivity index (χ2v) is 4.03. The number of hydrazine groups is 1. The largest absolute Gasteiger partial charge is 0.497 e. The maximum atomic E-state index is 5.56. The van der Waals surface area contributed by atoms with Crippen molar-refractivity contribution in [2.24, 2.45) is 5.84 Å². The molecular formula is C13H20N2O2. The van der Waals surface area contributed by atoms with Crippen molar-refractivity contribution in [3.05, 3.63) is 35.4 Å². The molecule has 3 N–H and O–H groups in total. The lowest BCUT2D eigenvalue weighted by molar-refractivity contribution is 0.392. The first-order valence-electron chi connectivity index (χ1n) is 5.44. The van der Waals surface area contributed by atoms with E-state index >= 15 is 0 Å². The van der Waals surface area contributed by atoms with Crippen LogP contribution in [0.25, 0.3) is 0 Å². The fraction of sp³-hybridized carbons (Fsp3) is 0.385. The zero-order valence-electron chi connectivity index (χ0n) is 10.8. The van der Waals surface area contributed by atoms with E-state index in [1.54, 1.807) is 14.2 Å². The number of rotatable bonds is 5. The van der Waals surface area contributed by atoms with Crippen molar-refractivity contribution in [2.75, 3.05) is 14.2 Å². The standard InChI is InChI=1S/C13H20N2O2/c1-9(2)5-13(15-14)10-6-11(16-3)8-12(7-10)17-4/h5-8,13,15H,14H2,1-4H3. The predicted molar refractivity (Wildman–Crippen MR) is 69.0 cm³/mol. The van der Waals surface area contributed by atoms with Crippen molar-refractivity contribution >= 4 is 0 Å². The quantitative estimate of drug-likeness (QED) is 0.467. The van der Waals surface area contributed by atoms with E-state index in [-0.39, 0.29) is 6.04 Å². The molecule has 1 aromatic carbocycles. The van der Waals surface area contributed by atoms with Crippen molar-refractivity contribution in [3.8, 4) is 11.5 Å². The number of methoxy groups -OCH3 is 2. The second kappa shape index (κ2) is 6.27. The number of nitrogens with one attached hydrogen (secondary N) is 1. The molecule has 0 heterocycles. The molecule has 0 amide bonds. The highest BCUT2D eigenvalue weighted by molar-refractivity contribution is 5.41. The second-order valence-electron chi connectivity index (χ2n) is 4.03. The monoisotopic (exact) mass is 236 g/mol. The van der Waals surface area contributed by atoms with Crippen LogP contribution in [0.2, 0.25) is 0 Å². The maximum Gasteiger partial charge on any atom is 0.122 e. The first-order valence-corrected chi connectivity index (χ1v) is 5.44. The Bertz CT molecular complexity index is 376. The zero-order valence-corrected chi connectivity index (χ0v) is 10.8. The zero-order chi connectivity index (χ0) is 12.8. The molecule has 0 aliphatic carbocycles. The summed E-state index contributed by atoms with van der Waals surface area (Å²) in [5.41, 5.74) is 4.96. The van der Waals surface area contributed by atoms with Gasteiger partial charge in [-0.05, 0) is 31.5 Å². The van der Waals surface area contributed by atoms with Gasteiger partial charge in [0.2, 0.25) is 0 Å². The minimum absolute atomic E-state index is 0.0519. The number of hydrogen-bond acceptors (Lipinski definition) is 4. The molecule has 1 rings (SSSR count). The predicted octanol–water partition coefficient (Wildman–Crippen LogP) is 2.17. The third-order valence-corrected chi connectivity index (χ3v) is 2.41. The smallest absolute Gasteiger partial charge is 0.122 e. The molecule has 0 fully saturated rings. The molecule has 94 valence electrons. The fourth-order valence-corrected chi connectivity index (χ4v) is 1.58. The Labute approximate surface area is 102 Å². The summed E-state index contributed by atoms with van der Waals surface area (Å²) in [6.07, 6.45) is 2.05. The van der Waals surface area contributed by atoms with Gasteiger partial charge in [-0.2, -0.15) is 0 Å². The molecule has 0 saturated carbocycles. The van der Waals surface area contributed by atoms with Crippen LogP contribution in [-0.2, 0) is 0 Å². The van der Waals surface area contributed by atoms with Gasteiger partial charge in [-0.1, -0.05) is 11.6 Å². The topological polar surface area (TPSA) is 56.5 Å². The van der Waals surface area contributed by atoms with Crippen molar-refractivity contribution < 1.29 is 9.47 Å². The highest BCUT2D eigenvalue weighted by Gasteiger charge is 2.10. The average Bonchev–Trinajstić information content (AvgIpc) is 2.34. The Kier molecular flexibility index (Phi) is 5.00. The molecule has 1 aromatic rings. The Morgan fingerprint density at radius 1 is 1.18 bits per heavy atom. The van der Waals surface area contributed by atoms with Crippen LogP contribution in [0.15, 0.2) is 29.8 Å². The maximum absolute atomic E-state index is 5.56. The number of benzene rings is 1. The van der Waals surface area contributed by atoms with Gasteiger partial charge in [-0.25, -0.2) is 5.43 Å². The summed E-state index contributed by atoms with van der Waals surface area (Å²) in [6.45, 7) is 4.06. The van der Waals surface area contributed by atoms with E-state index in [0.29, 0.717) is 0 Å². The van der Waals surface area contributed by atoms with Gasteiger partial charge < -0.3 is 9.47 Å². The first kappa shape index (κ1) is 13.5. The van der Waals surface area contributed by atoms with E-state index < -0.39 is 0 Å². The van der Waals surface area contributed by atoms with Gasteiger partial charge in [0.1, 0.15) is 11.5 Å². The third kappa shape index (κ3) is 3.76. The lowest BCUT2D eigenvalue weighted by Gasteiger charge is -2.15. The molecule has 0 aliphatic heterocycles. The molecule has 17 heavy (non-hydrogen) atoms. The summed E-state index contributed by atoms with van der Waals surface area (Å²) < 4.78 is 10.5. The highest BCUT2D eigenvalue weighted by Crippen LogP contribution is 2.27. The number of nitrogens with two attached hydrogens (primary N) is 1. The fourth-order valence-electron chi connectivity index (χ4n) is 1.58. The van der Waals surface area contributed by atoms with E-state index in [2.05, 4.69) is 5.43 Å². The highest BCUT2D eigenvalue weighted by atomic mass is 16.5. The molecule has 0 bridgehead atoms. The van der Waals surface area contributed by atoms with Crippen molar-refractivity contribution in [2.45, 2.75) is 19.9 Å². The van der Waals surface area contributed by atoms with Crippen molar-refractivity contribution in [1.82, 2.24) is 5.43 Å². The lowest BCUT2D eigenvalue weighted by atomic mass is 10.0. The molecule has 4 nitrogen and oxygen atoms in total. The van der Waals surface area contributed by atoms with Gasteiger partial charge in [0.25, 0.3) is 0 Å². The van der Waals surface area contributed by atoms with Crippen LogP contribution < -0.4 is 20.7 Å². The van der Waals surface area contributed by atoms with Crippen LogP contribution in [0.5, 0.6) is 11.5 Å². The van der Waals surface area contributed by atoms with Crippen LogP contribution >= 0.6 is 0 Å². The molecule has 0 radical (unpaired) electrons. The van der Waals surface area contributed by atoms with E-state index in [1.165, 1.54) is 5.57 Å². The summed E-state index contributed by atoms with van der Waals surface area (Å²) in [5, 5.41) is 0. The Balaban J connectivity index is 3.14. The molecule has 0 saturated heterocycles. The van der Waals surface area contributed by atoms with Crippen molar-refractivity contribution in [3.63, 3.8) is 0 Å². The molecule has 0 spiro atoms.